The van der Waals surface area contributed by atoms with Crippen LogP contribution in [0.5, 0.6) is 5.75 Å². The molecule has 0 fully saturated rings. The Balaban J connectivity index is 2.17. The average Bonchev–Trinajstić information content (AvgIpc) is 2.83. The molecule has 0 aliphatic carbocycles. The molecule has 1 aromatic heterocycles. The molecule has 0 saturated carbocycles. The van der Waals surface area contributed by atoms with Crippen LogP contribution in [-0.4, -0.2) is 12.1 Å². The summed E-state index contributed by atoms with van der Waals surface area (Å²) in [7, 11) is 1.63. The zero-order chi connectivity index (χ0) is 13.4. The highest BCUT2D eigenvalue weighted by Gasteiger charge is 2.11. The Morgan fingerprint density at radius 3 is 2.79 bits per heavy atom. The van der Waals surface area contributed by atoms with E-state index in [2.05, 4.69) is 4.98 Å². The van der Waals surface area contributed by atoms with Gasteiger partial charge in [0.25, 0.3) is 0 Å². The van der Waals surface area contributed by atoms with E-state index >= 15 is 0 Å². The van der Waals surface area contributed by atoms with Crippen molar-refractivity contribution in [1.29, 1.82) is 0 Å². The summed E-state index contributed by atoms with van der Waals surface area (Å²) in [4.78, 5) is 4.49. The van der Waals surface area contributed by atoms with Gasteiger partial charge in [0.15, 0.2) is 5.58 Å². The fraction of sp³-hybridized carbons (Fsp3) is 0.133. The van der Waals surface area contributed by atoms with E-state index in [9.17, 15) is 0 Å². The first-order valence-electron chi connectivity index (χ1n) is 5.98. The second-order valence-corrected chi connectivity index (χ2v) is 4.43. The van der Waals surface area contributed by atoms with Gasteiger partial charge in [0, 0.05) is 17.3 Å². The lowest BCUT2D eigenvalue weighted by Gasteiger charge is -2.01. The van der Waals surface area contributed by atoms with Gasteiger partial charge in [-0.15, -0.1) is 0 Å². The van der Waals surface area contributed by atoms with Gasteiger partial charge in [-0.3, -0.25) is 0 Å². The topological polar surface area (TPSA) is 61.3 Å². The molecule has 3 aromatic rings. The third-order valence-electron chi connectivity index (χ3n) is 3.09. The maximum Gasteiger partial charge on any atom is 0.227 e. The first-order valence-corrected chi connectivity index (χ1v) is 5.98. The van der Waals surface area contributed by atoms with Gasteiger partial charge in [0.2, 0.25) is 5.89 Å². The number of nitrogens with zero attached hydrogens (tertiary/aromatic N) is 1. The lowest BCUT2D eigenvalue weighted by molar-refractivity contribution is 0.415. The van der Waals surface area contributed by atoms with Crippen molar-refractivity contribution in [2.75, 3.05) is 12.8 Å². The molecule has 0 amide bonds. The number of nitrogens with two attached hydrogens (primary N) is 1. The summed E-state index contributed by atoms with van der Waals surface area (Å²) >= 11 is 0. The number of methoxy groups -OCH3 is 1. The van der Waals surface area contributed by atoms with Crippen LogP contribution >= 0.6 is 0 Å². The minimum atomic E-state index is 0.577. The van der Waals surface area contributed by atoms with Crippen LogP contribution in [0.2, 0.25) is 0 Å². The Kier molecular flexibility index (Phi) is 2.63. The summed E-state index contributed by atoms with van der Waals surface area (Å²) in [5.74, 6) is 1.34. The van der Waals surface area contributed by atoms with Crippen molar-refractivity contribution in [2.45, 2.75) is 6.92 Å². The molecule has 4 heteroatoms. The van der Waals surface area contributed by atoms with Crippen LogP contribution in [0.15, 0.2) is 40.8 Å². The smallest absolute Gasteiger partial charge is 0.227 e. The van der Waals surface area contributed by atoms with Gasteiger partial charge in [0.1, 0.15) is 11.3 Å². The van der Waals surface area contributed by atoms with Crippen molar-refractivity contribution in [2.24, 2.45) is 0 Å². The first kappa shape index (κ1) is 11.6. The fourth-order valence-electron chi connectivity index (χ4n) is 2.02. The van der Waals surface area contributed by atoms with Gasteiger partial charge >= 0.3 is 0 Å². The Morgan fingerprint density at radius 2 is 2.00 bits per heavy atom. The van der Waals surface area contributed by atoms with Crippen LogP contribution in [0.3, 0.4) is 0 Å². The predicted octanol–water partition coefficient (Wildman–Crippen LogP) is 3.39. The average molecular weight is 254 g/mol. The molecule has 19 heavy (non-hydrogen) atoms. The van der Waals surface area contributed by atoms with Gasteiger partial charge in [-0.2, -0.15) is 0 Å². The number of aryl methyl sites for hydroxylation is 1. The molecule has 0 aliphatic heterocycles. The summed E-state index contributed by atoms with van der Waals surface area (Å²) in [6.07, 6.45) is 0. The van der Waals surface area contributed by atoms with E-state index < -0.39 is 0 Å². The molecule has 4 nitrogen and oxygen atoms in total. The standard InChI is InChI=1S/C15H14N2O2/c1-9-3-4-10(16)7-12(9)15-17-13-8-11(18-2)5-6-14(13)19-15/h3-8H,16H2,1-2H3. The minimum Gasteiger partial charge on any atom is -0.497 e. The molecule has 2 N–H and O–H groups in total. The minimum absolute atomic E-state index is 0.577. The van der Waals surface area contributed by atoms with Crippen LogP contribution in [0, 0.1) is 6.92 Å². The molecule has 0 saturated heterocycles. The molecular weight excluding hydrogens is 240 g/mol. The van der Waals surface area contributed by atoms with Gasteiger partial charge in [-0.25, -0.2) is 4.98 Å². The number of ether oxygens (including phenoxy) is 1. The quantitative estimate of drug-likeness (QED) is 0.712. The van der Waals surface area contributed by atoms with E-state index in [1.807, 2.05) is 43.3 Å². The molecule has 0 atom stereocenters. The van der Waals surface area contributed by atoms with E-state index in [-0.39, 0.29) is 0 Å². The van der Waals surface area contributed by atoms with Crippen molar-refractivity contribution in [3.8, 4) is 17.2 Å². The number of rotatable bonds is 2. The number of fused-ring (bicyclic) bond motifs is 1. The zero-order valence-corrected chi connectivity index (χ0v) is 10.8. The van der Waals surface area contributed by atoms with Gasteiger partial charge in [-0.05, 0) is 36.8 Å². The summed E-state index contributed by atoms with van der Waals surface area (Å²) < 4.78 is 10.9. The second kappa shape index (κ2) is 4.31. The Morgan fingerprint density at radius 1 is 1.16 bits per heavy atom. The Hall–Kier alpha value is -2.49. The molecule has 3 rings (SSSR count). The summed E-state index contributed by atoms with van der Waals surface area (Å²) in [6.45, 7) is 2.00. The molecule has 0 spiro atoms. The third kappa shape index (κ3) is 2.01. The van der Waals surface area contributed by atoms with Crippen LogP contribution in [0.25, 0.3) is 22.6 Å². The van der Waals surface area contributed by atoms with E-state index in [1.165, 1.54) is 0 Å². The van der Waals surface area contributed by atoms with E-state index in [4.69, 9.17) is 14.9 Å². The first-order chi connectivity index (χ1) is 9.17. The fourth-order valence-corrected chi connectivity index (χ4v) is 2.02. The highest BCUT2D eigenvalue weighted by atomic mass is 16.5. The number of hydrogen-bond donors (Lipinski definition) is 1. The Bertz CT molecular complexity index is 747. The molecular formula is C15H14N2O2. The zero-order valence-electron chi connectivity index (χ0n) is 10.8. The number of hydrogen-bond acceptors (Lipinski definition) is 4. The van der Waals surface area contributed by atoms with Gasteiger partial charge in [-0.1, -0.05) is 6.07 Å². The monoisotopic (exact) mass is 254 g/mol. The third-order valence-corrected chi connectivity index (χ3v) is 3.09. The Labute approximate surface area is 110 Å². The molecule has 0 aliphatic rings. The molecule has 0 radical (unpaired) electrons. The van der Waals surface area contributed by atoms with Crippen LogP contribution in [0.1, 0.15) is 5.56 Å². The summed E-state index contributed by atoms with van der Waals surface area (Å²) in [5, 5.41) is 0. The van der Waals surface area contributed by atoms with Gasteiger partial charge in [0.05, 0.1) is 7.11 Å². The molecule has 0 unspecified atom stereocenters. The van der Waals surface area contributed by atoms with E-state index in [0.29, 0.717) is 11.6 Å². The molecule has 0 bridgehead atoms. The van der Waals surface area contributed by atoms with E-state index in [1.54, 1.807) is 7.11 Å². The highest BCUT2D eigenvalue weighted by Crippen LogP contribution is 2.29. The second-order valence-electron chi connectivity index (χ2n) is 4.43. The largest absolute Gasteiger partial charge is 0.497 e. The number of anilines is 1. The van der Waals surface area contributed by atoms with Gasteiger partial charge < -0.3 is 14.9 Å². The number of aromatic nitrogens is 1. The maximum absolute atomic E-state index is 5.82. The number of benzene rings is 2. The number of nitrogen functional groups attached to an aromatic ring is 1. The van der Waals surface area contributed by atoms with Crippen LogP contribution < -0.4 is 10.5 Å². The van der Waals surface area contributed by atoms with Crippen LogP contribution in [0.4, 0.5) is 5.69 Å². The number of oxazole rings is 1. The molecule has 2 aromatic carbocycles. The van der Waals surface area contributed by atoms with E-state index in [0.717, 1.165) is 28.0 Å². The summed E-state index contributed by atoms with van der Waals surface area (Å²) in [6, 6.07) is 11.3. The maximum atomic E-state index is 5.82. The predicted molar refractivity (Wildman–Crippen MR) is 75.1 cm³/mol. The van der Waals surface area contributed by atoms with Crippen molar-refractivity contribution in [1.82, 2.24) is 4.98 Å². The normalized spacial score (nSPS) is 10.8. The lowest BCUT2D eigenvalue weighted by atomic mass is 10.1. The lowest BCUT2D eigenvalue weighted by Crippen LogP contribution is -1.88. The molecule has 96 valence electrons. The van der Waals surface area contributed by atoms with Crippen molar-refractivity contribution in [3.63, 3.8) is 0 Å². The molecule has 1 heterocycles. The van der Waals surface area contributed by atoms with Crippen molar-refractivity contribution >= 4 is 16.8 Å². The van der Waals surface area contributed by atoms with Crippen molar-refractivity contribution in [3.05, 3.63) is 42.0 Å². The van der Waals surface area contributed by atoms with Crippen LogP contribution in [-0.2, 0) is 0 Å². The van der Waals surface area contributed by atoms with Crippen molar-refractivity contribution < 1.29 is 9.15 Å². The highest BCUT2D eigenvalue weighted by molar-refractivity contribution is 5.78. The summed E-state index contributed by atoms with van der Waals surface area (Å²) in [5.41, 5.74) is 10.0. The SMILES string of the molecule is COc1ccc2oc(-c3cc(N)ccc3C)nc2c1.